The number of halogens is 1. The van der Waals surface area contributed by atoms with E-state index in [1.807, 2.05) is 59.2 Å². The van der Waals surface area contributed by atoms with Crippen LogP contribution in [-0.4, -0.2) is 39.0 Å². The molecule has 1 N–H and O–H groups in total. The Morgan fingerprint density at radius 2 is 1.89 bits per heavy atom. The number of ether oxygens (including phenoxy) is 1. The van der Waals surface area contributed by atoms with E-state index >= 15 is 0 Å². The topological polar surface area (TPSA) is 86.1 Å². The molecular formula is C27H25ClN4O3S2. The predicted molar refractivity (Wildman–Crippen MR) is 148 cm³/mol. The minimum atomic E-state index is -0.366. The van der Waals surface area contributed by atoms with Gasteiger partial charge in [-0.2, -0.15) is 0 Å². The molecular weight excluding hydrogens is 528 g/mol. The van der Waals surface area contributed by atoms with E-state index in [0.29, 0.717) is 38.9 Å². The number of hydrogen-bond acceptors (Lipinski definition) is 7. The number of benzene rings is 2. The molecule has 0 bridgehead atoms. The van der Waals surface area contributed by atoms with Gasteiger partial charge in [0.25, 0.3) is 0 Å². The number of thiophene rings is 1. The Hall–Kier alpha value is -3.14. The Kier molecular flexibility index (Phi) is 7.93. The average molecular weight is 553 g/mol. The maximum Gasteiger partial charge on any atom is 0.341 e. The second-order valence-corrected chi connectivity index (χ2v) is 11.0. The molecule has 0 saturated carbocycles. The third-order valence-corrected chi connectivity index (χ3v) is 8.44. The summed E-state index contributed by atoms with van der Waals surface area (Å²) in [4.78, 5) is 26.6. The smallest absolute Gasteiger partial charge is 0.341 e. The normalized spacial score (nSPS) is 12.4. The predicted octanol–water partition coefficient (Wildman–Crippen LogP) is 6.44. The van der Waals surface area contributed by atoms with Crippen molar-refractivity contribution in [2.24, 2.45) is 0 Å². The molecule has 2 aromatic heterocycles. The molecule has 1 amide bonds. The number of nitrogens with one attached hydrogen (secondary N) is 1. The Balaban J connectivity index is 1.31. The number of rotatable bonds is 9. The van der Waals surface area contributed by atoms with Crippen molar-refractivity contribution in [3.63, 3.8) is 0 Å². The molecule has 7 nitrogen and oxygen atoms in total. The van der Waals surface area contributed by atoms with Gasteiger partial charge in [-0.3, -0.25) is 9.36 Å². The van der Waals surface area contributed by atoms with Gasteiger partial charge in [-0.1, -0.05) is 53.7 Å². The molecule has 2 aromatic carbocycles. The van der Waals surface area contributed by atoms with E-state index in [1.165, 1.54) is 23.1 Å². The fourth-order valence-corrected chi connectivity index (χ4v) is 6.73. The van der Waals surface area contributed by atoms with Gasteiger partial charge in [0.15, 0.2) is 11.0 Å². The first-order valence-corrected chi connectivity index (χ1v) is 14.2. The van der Waals surface area contributed by atoms with Gasteiger partial charge in [-0.05, 0) is 56.0 Å². The lowest BCUT2D eigenvalue weighted by Crippen LogP contribution is -2.15. The van der Waals surface area contributed by atoms with Crippen LogP contribution in [0.1, 0.15) is 40.6 Å². The third kappa shape index (κ3) is 5.44. The van der Waals surface area contributed by atoms with Gasteiger partial charge in [0.05, 0.1) is 17.2 Å². The van der Waals surface area contributed by atoms with Gasteiger partial charge >= 0.3 is 5.97 Å². The molecule has 0 spiro atoms. The molecule has 0 saturated heterocycles. The quantitative estimate of drug-likeness (QED) is 0.190. The maximum absolute atomic E-state index is 12.9. The van der Waals surface area contributed by atoms with Gasteiger partial charge in [0.1, 0.15) is 5.00 Å². The average Bonchev–Trinajstić information content (AvgIpc) is 3.60. The first-order valence-electron chi connectivity index (χ1n) is 12.1. The van der Waals surface area contributed by atoms with Gasteiger partial charge in [-0.15, -0.1) is 21.5 Å². The van der Waals surface area contributed by atoms with Crippen molar-refractivity contribution >= 4 is 51.6 Å². The van der Waals surface area contributed by atoms with Crippen molar-refractivity contribution in [2.75, 3.05) is 17.7 Å². The van der Waals surface area contributed by atoms with Crippen LogP contribution in [0.5, 0.6) is 0 Å². The van der Waals surface area contributed by atoms with Crippen LogP contribution in [0.2, 0.25) is 5.02 Å². The Labute approximate surface area is 228 Å². The number of thioether (sulfide) groups is 1. The zero-order chi connectivity index (χ0) is 25.8. The number of para-hydroxylation sites is 1. The second-order valence-electron chi connectivity index (χ2n) is 8.39. The van der Waals surface area contributed by atoms with Crippen LogP contribution < -0.4 is 5.32 Å². The number of esters is 1. The number of carbonyl (C=O) groups excluding carboxylic acids is 2. The molecule has 0 atom stereocenters. The highest BCUT2D eigenvalue weighted by atomic mass is 35.5. The molecule has 1 aliphatic rings. The largest absolute Gasteiger partial charge is 0.462 e. The zero-order valence-corrected chi connectivity index (χ0v) is 22.6. The number of carbonyl (C=O) groups is 2. The first-order chi connectivity index (χ1) is 18.1. The monoisotopic (exact) mass is 552 g/mol. The second kappa shape index (κ2) is 11.5. The summed E-state index contributed by atoms with van der Waals surface area (Å²) in [7, 11) is 0. The SMILES string of the molecule is CCOC(=O)c1c(NC(=O)CCSc2nnc(-c3ccccc3Cl)n2-c2ccccc2)sc2c1CCC2. The summed E-state index contributed by atoms with van der Waals surface area (Å²) in [5.74, 6) is 0.597. The van der Waals surface area contributed by atoms with Crippen LogP contribution >= 0.6 is 34.7 Å². The molecule has 1 aliphatic carbocycles. The molecule has 0 aliphatic heterocycles. The lowest BCUT2D eigenvalue weighted by Gasteiger charge is -2.11. The molecule has 0 unspecified atom stereocenters. The van der Waals surface area contributed by atoms with Crippen molar-refractivity contribution in [1.82, 2.24) is 14.8 Å². The van der Waals surface area contributed by atoms with Crippen LogP contribution in [0.4, 0.5) is 5.00 Å². The van der Waals surface area contributed by atoms with Gasteiger partial charge in [0.2, 0.25) is 5.91 Å². The molecule has 0 radical (unpaired) electrons. The summed E-state index contributed by atoms with van der Waals surface area (Å²) in [5.41, 5.74) is 3.23. The van der Waals surface area contributed by atoms with Gasteiger partial charge in [-0.25, -0.2) is 4.79 Å². The van der Waals surface area contributed by atoms with E-state index in [9.17, 15) is 9.59 Å². The molecule has 0 fully saturated rings. The third-order valence-electron chi connectivity index (χ3n) is 5.98. The summed E-state index contributed by atoms with van der Waals surface area (Å²) < 4.78 is 7.21. The van der Waals surface area contributed by atoms with Crippen molar-refractivity contribution in [1.29, 1.82) is 0 Å². The highest BCUT2D eigenvalue weighted by Crippen LogP contribution is 2.39. The number of nitrogens with zero attached hydrogens (tertiary/aromatic N) is 3. The number of fused-ring (bicyclic) bond motifs is 1. The Morgan fingerprint density at radius 1 is 1.11 bits per heavy atom. The van der Waals surface area contributed by atoms with Gasteiger partial charge in [0, 0.05) is 28.3 Å². The fourth-order valence-electron chi connectivity index (χ4n) is 4.33. The van der Waals surface area contributed by atoms with E-state index in [0.717, 1.165) is 41.0 Å². The molecule has 190 valence electrons. The Morgan fingerprint density at radius 3 is 2.68 bits per heavy atom. The standard InChI is InChI=1S/C27H25ClN4O3S2/c1-2-35-26(34)23-19-12-8-14-21(19)37-25(23)29-22(33)15-16-36-27-31-30-24(18-11-6-7-13-20(18)28)32(27)17-9-4-3-5-10-17/h3-7,9-11,13H,2,8,12,14-16H2,1H3,(H,29,33). The molecule has 5 rings (SSSR count). The first kappa shape index (κ1) is 25.5. The lowest BCUT2D eigenvalue weighted by atomic mass is 10.1. The van der Waals surface area contributed by atoms with E-state index in [1.54, 1.807) is 6.92 Å². The molecule has 2 heterocycles. The van der Waals surface area contributed by atoms with Crippen molar-refractivity contribution in [2.45, 2.75) is 37.8 Å². The number of aromatic nitrogens is 3. The van der Waals surface area contributed by atoms with Gasteiger partial charge < -0.3 is 10.1 Å². The van der Waals surface area contributed by atoms with E-state index in [2.05, 4.69) is 15.5 Å². The van der Waals surface area contributed by atoms with Crippen LogP contribution in [0.15, 0.2) is 59.8 Å². The van der Waals surface area contributed by atoms with Crippen LogP contribution in [-0.2, 0) is 22.4 Å². The Bertz CT molecular complexity index is 1430. The summed E-state index contributed by atoms with van der Waals surface area (Å²) in [6.07, 6.45) is 3.05. The number of amides is 1. The highest BCUT2D eigenvalue weighted by molar-refractivity contribution is 7.99. The van der Waals surface area contributed by atoms with E-state index in [4.69, 9.17) is 16.3 Å². The van der Waals surface area contributed by atoms with E-state index < -0.39 is 0 Å². The zero-order valence-electron chi connectivity index (χ0n) is 20.2. The van der Waals surface area contributed by atoms with Crippen molar-refractivity contribution < 1.29 is 14.3 Å². The number of aryl methyl sites for hydroxylation is 1. The van der Waals surface area contributed by atoms with Crippen LogP contribution in [0.25, 0.3) is 17.1 Å². The van der Waals surface area contributed by atoms with Crippen molar-refractivity contribution in [3.05, 3.63) is 75.6 Å². The molecule has 37 heavy (non-hydrogen) atoms. The van der Waals surface area contributed by atoms with Crippen LogP contribution in [0, 0.1) is 0 Å². The molecule has 10 heteroatoms. The summed E-state index contributed by atoms with van der Waals surface area (Å²) in [6.45, 7) is 2.08. The van der Waals surface area contributed by atoms with E-state index in [-0.39, 0.29) is 18.3 Å². The number of anilines is 1. The fraction of sp³-hybridized carbons (Fsp3) is 0.259. The maximum atomic E-state index is 12.9. The number of hydrogen-bond donors (Lipinski definition) is 1. The summed E-state index contributed by atoms with van der Waals surface area (Å²) >= 11 is 9.39. The van der Waals surface area contributed by atoms with Crippen LogP contribution in [0.3, 0.4) is 0 Å². The minimum Gasteiger partial charge on any atom is -0.462 e. The van der Waals surface area contributed by atoms with Crippen molar-refractivity contribution in [3.8, 4) is 17.1 Å². The minimum absolute atomic E-state index is 0.157. The lowest BCUT2D eigenvalue weighted by molar-refractivity contribution is -0.115. The summed E-state index contributed by atoms with van der Waals surface area (Å²) in [5, 5.41) is 13.6. The highest BCUT2D eigenvalue weighted by Gasteiger charge is 2.28. The summed E-state index contributed by atoms with van der Waals surface area (Å²) in [6, 6.07) is 17.3. The molecule has 4 aromatic rings.